The monoisotopic (exact) mass is 353 g/mol. The van der Waals surface area contributed by atoms with Crippen LogP contribution in [0.15, 0.2) is 36.7 Å². The van der Waals surface area contributed by atoms with Gasteiger partial charge in [0.25, 0.3) is 0 Å². The zero-order valence-electron chi connectivity index (χ0n) is 15.2. The van der Waals surface area contributed by atoms with Crippen molar-refractivity contribution in [2.24, 2.45) is 5.92 Å². The van der Waals surface area contributed by atoms with Gasteiger partial charge in [-0.25, -0.2) is 4.79 Å². The Labute approximate surface area is 154 Å². The van der Waals surface area contributed by atoms with Gasteiger partial charge in [-0.3, -0.25) is 4.57 Å². The molecule has 4 rings (SSSR count). The van der Waals surface area contributed by atoms with Crippen LogP contribution in [-0.2, 0) is 6.42 Å². The Kier molecular flexibility index (Phi) is 5.18. The van der Waals surface area contributed by atoms with Crippen LogP contribution < -0.4 is 5.32 Å². The highest BCUT2D eigenvalue weighted by atomic mass is 16.2. The van der Waals surface area contributed by atoms with Gasteiger partial charge in [-0.15, -0.1) is 10.2 Å². The molecular weight excluding hydrogens is 326 g/mol. The van der Waals surface area contributed by atoms with Gasteiger partial charge in [-0.1, -0.05) is 31.0 Å². The average molecular weight is 353 g/mol. The number of amides is 2. The van der Waals surface area contributed by atoms with E-state index in [2.05, 4.69) is 32.2 Å². The molecule has 1 aromatic carbocycles. The van der Waals surface area contributed by atoms with Gasteiger partial charge in [0.2, 0.25) is 0 Å². The third-order valence-corrected chi connectivity index (χ3v) is 5.71. The Balaban J connectivity index is 1.31. The van der Waals surface area contributed by atoms with Crippen molar-refractivity contribution in [1.29, 1.82) is 0 Å². The minimum Gasteiger partial charge on any atom is -0.335 e. The molecule has 0 spiro atoms. The smallest absolute Gasteiger partial charge is 0.317 e. The Hall–Kier alpha value is -2.37. The van der Waals surface area contributed by atoms with Crippen molar-refractivity contribution in [2.75, 3.05) is 13.1 Å². The molecule has 0 radical (unpaired) electrons. The van der Waals surface area contributed by atoms with Gasteiger partial charge in [-0.05, 0) is 43.7 Å². The molecule has 2 amide bonds. The van der Waals surface area contributed by atoms with E-state index in [0.717, 1.165) is 56.7 Å². The number of benzene rings is 1. The number of piperidine rings is 1. The molecule has 1 aromatic heterocycles. The van der Waals surface area contributed by atoms with Crippen LogP contribution >= 0.6 is 0 Å². The second-order valence-electron chi connectivity index (χ2n) is 7.52. The van der Waals surface area contributed by atoms with Gasteiger partial charge >= 0.3 is 6.03 Å². The molecule has 1 saturated heterocycles. The van der Waals surface area contributed by atoms with Gasteiger partial charge in [0.15, 0.2) is 0 Å². The highest BCUT2D eigenvalue weighted by Crippen LogP contribution is 2.23. The molecule has 6 heteroatoms. The first kappa shape index (κ1) is 17.1. The number of carbonyl (C=O) groups is 1. The fraction of sp³-hybridized carbons (Fsp3) is 0.550. The number of nitrogens with one attached hydrogen (secondary N) is 1. The fourth-order valence-corrected chi connectivity index (χ4v) is 4.14. The van der Waals surface area contributed by atoms with E-state index < -0.39 is 0 Å². The Morgan fingerprint density at radius 2 is 1.81 bits per heavy atom. The van der Waals surface area contributed by atoms with Crippen molar-refractivity contribution in [3.05, 3.63) is 42.5 Å². The van der Waals surface area contributed by atoms with E-state index in [9.17, 15) is 4.79 Å². The third-order valence-electron chi connectivity index (χ3n) is 5.71. The van der Waals surface area contributed by atoms with Gasteiger partial charge in [0, 0.05) is 31.2 Å². The van der Waals surface area contributed by atoms with E-state index >= 15 is 0 Å². The SMILES string of the molecule is O=C(NC1CCCC1)N1CCC(Cc2nncn2-c2ccccc2)CC1. The summed E-state index contributed by atoms with van der Waals surface area (Å²) in [6.07, 6.45) is 9.51. The number of urea groups is 1. The maximum Gasteiger partial charge on any atom is 0.317 e. The first-order chi connectivity index (χ1) is 12.8. The lowest BCUT2D eigenvalue weighted by molar-refractivity contribution is 0.166. The highest BCUT2D eigenvalue weighted by molar-refractivity contribution is 5.74. The summed E-state index contributed by atoms with van der Waals surface area (Å²) < 4.78 is 2.07. The minimum atomic E-state index is 0.128. The molecule has 0 bridgehead atoms. The van der Waals surface area contributed by atoms with E-state index in [0.29, 0.717) is 12.0 Å². The summed E-state index contributed by atoms with van der Waals surface area (Å²) in [5.41, 5.74) is 1.10. The molecule has 26 heavy (non-hydrogen) atoms. The Bertz CT molecular complexity index is 715. The summed E-state index contributed by atoms with van der Waals surface area (Å²) in [7, 11) is 0. The number of hydrogen-bond acceptors (Lipinski definition) is 3. The lowest BCUT2D eigenvalue weighted by Gasteiger charge is -2.32. The van der Waals surface area contributed by atoms with Gasteiger partial charge in [0.05, 0.1) is 0 Å². The van der Waals surface area contributed by atoms with Gasteiger partial charge in [0.1, 0.15) is 12.2 Å². The molecule has 1 saturated carbocycles. The summed E-state index contributed by atoms with van der Waals surface area (Å²) in [4.78, 5) is 14.4. The van der Waals surface area contributed by atoms with Crippen LogP contribution in [0.5, 0.6) is 0 Å². The lowest BCUT2D eigenvalue weighted by Crippen LogP contribution is -2.47. The minimum absolute atomic E-state index is 0.128. The highest BCUT2D eigenvalue weighted by Gasteiger charge is 2.26. The molecule has 6 nitrogen and oxygen atoms in total. The number of likely N-dealkylation sites (tertiary alicyclic amines) is 1. The molecule has 0 atom stereocenters. The number of nitrogens with zero attached hydrogens (tertiary/aromatic N) is 4. The normalized spacial score (nSPS) is 19.0. The second-order valence-corrected chi connectivity index (χ2v) is 7.52. The molecule has 1 aliphatic heterocycles. The molecule has 138 valence electrons. The first-order valence-corrected chi connectivity index (χ1v) is 9.79. The van der Waals surface area contributed by atoms with Crippen LogP contribution in [0.25, 0.3) is 5.69 Å². The molecular formula is C20H27N5O. The summed E-state index contributed by atoms with van der Waals surface area (Å²) in [5.74, 6) is 1.56. The zero-order chi connectivity index (χ0) is 17.8. The lowest BCUT2D eigenvalue weighted by atomic mass is 9.93. The van der Waals surface area contributed by atoms with Crippen molar-refractivity contribution in [1.82, 2.24) is 25.0 Å². The zero-order valence-corrected chi connectivity index (χ0v) is 15.2. The van der Waals surface area contributed by atoms with Crippen molar-refractivity contribution >= 4 is 6.03 Å². The Morgan fingerprint density at radius 3 is 2.54 bits per heavy atom. The Morgan fingerprint density at radius 1 is 1.08 bits per heavy atom. The number of hydrogen-bond donors (Lipinski definition) is 1. The second kappa shape index (κ2) is 7.89. The number of carbonyl (C=O) groups excluding carboxylic acids is 1. The van der Waals surface area contributed by atoms with Crippen LogP contribution in [-0.4, -0.2) is 44.8 Å². The molecule has 2 aromatic rings. The molecule has 2 heterocycles. The summed E-state index contributed by atoms with van der Waals surface area (Å²) in [5, 5.41) is 11.6. The number of aromatic nitrogens is 3. The maximum absolute atomic E-state index is 12.4. The van der Waals surface area contributed by atoms with E-state index in [4.69, 9.17) is 0 Å². The van der Waals surface area contributed by atoms with Crippen molar-refractivity contribution in [3.8, 4) is 5.69 Å². The number of para-hydroxylation sites is 1. The summed E-state index contributed by atoms with van der Waals surface area (Å²) >= 11 is 0. The van der Waals surface area contributed by atoms with E-state index in [1.54, 1.807) is 6.33 Å². The maximum atomic E-state index is 12.4. The van der Waals surface area contributed by atoms with Crippen molar-refractivity contribution in [2.45, 2.75) is 51.0 Å². The number of rotatable bonds is 4. The fourth-order valence-electron chi connectivity index (χ4n) is 4.14. The van der Waals surface area contributed by atoms with Crippen LogP contribution in [0.3, 0.4) is 0 Å². The standard InChI is InChI=1S/C20H27N5O/c26-20(22-17-6-4-5-7-17)24-12-10-16(11-13-24)14-19-23-21-15-25(19)18-8-2-1-3-9-18/h1-3,8-9,15-17H,4-7,10-14H2,(H,22,26). The average Bonchev–Trinajstić information content (AvgIpc) is 3.35. The topological polar surface area (TPSA) is 63.1 Å². The van der Waals surface area contributed by atoms with Crippen LogP contribution in [0.4, 0.5) is 4.79 Å². The molecule has 1 N–H and O–H groups in total. The molecule has 0 unspecified atom stereocenters. The predicted octanol–water partition coefficient (Wildman–Crippen LogP) is 3.17. The first-order valence-electron chi connectivity index (χ1n) is 9.79. The van der Waals surface area contributed by atoms with E-state index in [-0.39, 0.29) is 6.03 Å². The molecule has 1 aliphatic carbocycles. The predicted molar refractivity (Wildman–Crippen MR) is 100 cm³/mol. The summed E-state index contributed by atoms with van der Waals surface area (Å²) in [6.45, 7) is 1.67. The van der Waals surface area contributed by atoms with Gasteiger partial charge in [-0.2, -0.15) is 0 Å². The van der Waals surface area contributed by atoms with Crippen LogP contribution in [0.1, 0.15) is 44.3 Å². The quantitative estimate of drug-likeness (QED) is 0.918. The van der Waals surface area contributed by atoms with Crippen LogP contribution in [0.2, 0.25) is 0 Å². The third kappa shape index (κ3) is 3.89. The van der Waals surface area contributed by atoms with E-state index in [1.807, 2.05) is 23.1 Å². The van der Waals surface area contributed by atoms with E-state index in [1.165, 1.54) is 12.8 Å². The van der Waals surface area contributed by atoms with Gasteiger partial charge < -0.3 is 10.2 Å². The molecule has 2 aliphatic rings. The largest absolute Gasteiger partial charge is 0.335 e. The van der Waals surface area contributed by atoms with Crippen molar-refractivity contribution in [3.63, 3.8) is 0 Å². The van der Waals surface area contributed by atoms with Crippen LogP contribution in [0, 0.1) is 5.92 Å². The summed E-state index contributed by atoms with van der Waals surface area (Å²) in [6, 6.07) is 10.7. The molecule has 2 fully saturated rings. The van der Waals surface area contributed by atoms with Crippen molar-refractivity contribution < 1.29 is 4.79 Å².